The third-order valence-electron chi connectivity index (χ3n) is 4.99. The van der Waals surface area contributed by atoms with Crippen LogP contribution >= 0.6 is 0 Å². The van der Waals surface area contributed by atoms with Crippen molar-refractivity contribution in [1.82, 2.24) is 5.32 Å². The Morgan fingerprint density at radius 2 is 2.15 bits per heavy atom. The van der Waals surface area contributed by atoms with Crippen LogP contribution in [0.2, 0.25) is 0 Å². The lowest BCUT2D eigenvalue weighted by atomic mass is 9.51. The Labute approximate surface area is 119 Å². The Bertz CT molecular complexity index is 510. The lowest BCUT2D eigenvalue weighted by molar-refractivity contribution is -0.158. The maximum absolute atomic E-state index is 12.3. The van der Waals surface area contributed by atoms with Crippen molar-refractivity contribution in [3.8, 4) is 5.75 Å². The maximum Gasteiger partial charge on any atom is 0.251 e. The zero-order chi connectivity index (χ0) is 14.2. The average Bonchev–Trinajstić information content (AvgIpc) is 2.41. The molecule has 4 nitrogen and oxygen atoms in total. The van der Waals surface area contributed by atoms with Gasteiger partial charge in [0.15, 0.2) is 0 Å². The molecule has 2 atom stereocenters. The van der Waals surface area contributed by atoms with E-state index in [1.807, 2.05) is 18.2 Å². The van der Waals surface area contributed by atoms with E-state index in [-0.39, 0.29) is 17.4 Å². The standard InChI is InChI=1S/C16H21NO3/c1-19-12-6-3-5-11(9-12)15(18)17-13-10-14(20-2)16(13)7-4-8-16/h3,5-6,9,13-14H,4,7-8,10H2,1-2H3,(H,17,18). The zero-order valence-electron chi connectivity index (χ0n) is 12.0. The summed E-state index contributed by atoms with van der Waals surface area (Å²) < 4.78 is 10.7. The highest BCUT2D eigenvalue weighted by atomic mass is 16.5. The molecule has 0 aliphatic heterocycles. The van der Waals surface area contributed by atoms with Crippen molar-refractivity contribution in [2.45, 2.75) is 37.8 Å². The van der Waals surface area contributed by atoms with Gasteiger partial charge in [0.25, 0.3) is 5.91 Å². The van der Waals surface area contributed by atoms with Crippen LogP contribution in [0.5, 0.6) is 5.75 Å². The highest BCUT2D eigenvalue weighted by Gasteiger charge is 2.59. The van der Waals surface area contributed by atoms with Gasteiger partial charge in [0.1, 0.15) is 5.75 Å². The summed E-state index contributed by atoms with van der Waals surface area (Å²) in [5.74, 6) is 0.689. The van der Waals surface area contributed by atoms with Gasteiger partial charge in [0.2, 0.25) is 0 Å². The molecule has 1 aromatic rings. The Hall–Kier alpha value is -1.55. The van der Waals surface area contributed by atoms with Crippen molar-refractivity contribution in [3.05, 3.63) is 29.8 Å². The lowest BCUT2D eigenvalue weighted by Gasteiger charge is -2.60. The van der Waals surface area contributed by atoms with E-state index >= 15 is 0 Å². The highest BCUT2D eigenvalue weighted by molar-refractivity contribution is 5.94. The smallest absolute Gasteiger partial charge is 0.251 e. The van der Waals surface area contributed by atoms with Crippen LogP contribution < -0.4 is 10.1 Å². The predicted octanol–water partition coefficient (Wildman–Crippen LogP) is 2.38. The van der Waals surface area contributed by atoms with Gasteiger partial charge in [0, 0.05) is 24.1 Å². The van der Waals surface area contributed by atoms with Crippen LogP contribution in [-0.2, 0) is 4.74 Å². The molecule has 2 aliphatic rings. The van der Waals surface area contributed by atoms with Crippen molar-refractivity contribution >= 4 is 5.91 Å². The molecule has 2 unspecified atom stereocenters. The van der Waals surface area contributed by atoms with Gasteiger partial charge < -0.3 is 14.8 Å². The van der Waals surface area contributed by atoms with Crippen molar-refractivity contribution in [1.29, 1.82) is 0 Å². The fraction of sp³-hybridized carbons (Fsp3) is 0.562. The lowest BCUT2D eigenvalue weighted by Crippen LogP contribution is -2.67. The summed E-state index contributed by atoms with van der Waals surface area (Å²) in [4.78, 5) is 12.3. The molecule has 1 N–H and O–H groups in total. The Morgan fingerprint density at radius 3 is 2.75 bits per heavy atom. The second-order valence-corrected chi connectivity index (χ2v) is 5.80. The minimum atomic E-state index is -0.0188. The van der Waals surface area contributed by atoms with Crippen molar-refractivity contribution < 1.29 is 14.3 Å². The van der Waals surface area contributed by atoms with Gasteiger partial charge in [-0.1, -0.05) is 12.5 Å². The molecule has 0 heterocycles. The molecule has 2 aliphatic carbocycles. The monoisotopic (exact) mass is 275 g/mol. The molecule has 3 rings (SSSR count). The summed E-state index contributed by atoms with van der Waals surface area (Å²) in [5, 5.41) is 3.17. The minimum Gasteiger partial charge on any atom is -0.497 e. The van der Waals surface area contributed by atoms with E-state index in [0.717, 1.165) is 19.3 Å². The number of benzene rings is 1. The molecule has 0 aromatic heterocycles. The van der Waals surface area contributed by atoms with E-state index in [2.05, 4.69) is 5.32 Å². The van der Waals surface area contributed by atoms with E-state index < -0.39 is 0 Å². The number of hydrogen-bond donors (Lipinski definition) is 1. The quantitative estimate of drug-likeness (QED) is 0.917. The summed E-state index contributed by atoms with van der Waals surface area (Å²) in [6, 6.07) is 7.52. The molecular formula is C16H21NO3. The normalized spacial score (nSPS) is 26.5. The third-order valence-corrected chi connectivity index (χ3v) is 4.99. The van der Waals surface area contributed by atoms with E-state index in [1.54, 1.807) is 20.3 Å². The largest absolute Gasteiger partial charge is 0.497 e. The molecule has 0 radical (unpaired) electrons. The predicted molar refractivity (Wildman–Crippen MR) is 75.9 cm³/mol. The number of ether oxygens (including phenoxy) is 2. The Kier molecular flexibility index (Phi) is 3.42. The van der Waals surface area contributed by atoms with Crippen LogP contribution in [-0.4, -0.2) is 32.3 Å². The summed E-state index contributed by atoms with van der Waals surface area (Å²) in [6.07, 6.45) is 4.80. The first-order valence-electron chi connectivity index (χ1n) is 7.17. The van der Waals surface area contributed by atoms with E-state index in [0.29, 0.717) is 17.4 Å². The second kappa shape index (κ2) is 5.09. The molecule has 20 heavy (non-hydrogen) atoms. The first kappa shape index (κ1) is 13.4. The number of carbonyl (C=O) groups excluding carboxylic acids is 1. The van der Waals surface area contributed by atoms with Gasteiger partial charge in [-0.3, -0.25) is 4.79 Å². The van der Waals surface area contributed by atoms with Crippen molar-refractivity contribution in [2.75, 3.05) is 14.2 Å². The van der Waals surface area contributed by atoms with Gasteiger partial charge in [0.05, 0.1) is 13.2 Å². The number of amides is 1. The molecule has 1 amide bonds. The Morgan fingerprint density at radius 1 is 1.35 bits per heavy atom. The van der Waals surface area contributed by atoms with Gasteiger partial charge in [-0.25, -0.2) is 0 Å². The fourth-order valence-corrected chi connectivity index (χ4v) is 3.54. The zero-order valence-corrected chi connectivity index (χ0v) is 12.0. The van der Waals surface area contributed by atoms with Crippen LogP contribution in [0, 0.1) is 5.41 Å². The van der Waals surface area contributed by atoms with Crippen molar-refractivity contribution in [2.24, 2.45) is 5.41 Å². The fourth-order valence-electron chi connectivity index (χ4n) is 3.54. The van der Waals surface area contributed by atoms with Gasteiger partial charge in [-0.15, -0.1) is 0 Å². The number of methoxy groups -OCH3 is 2. The SMILES string of the molecule is COc1cccc(C(=O)NC2CC(OC)C23CCC3)c1. The number of rotatable bonds is 4. The molecular weight excluding hydrogens is 254 g/mol. The summed E-state index contributed by atoms with van der Waals surface area (Å²) in [7, 11) is 3.38. The average molecular weight is 275 g/mol. The van der Waals surface area contributed by atoms with Crippen LogP contribution in [0.3, 0.4) is 0 Å². The summed E-state index contributed by atoms with van der Waals surface area (Å²) >= 11 is 0. The van der Waals surface area contributed by atoms with E-state index in [1.165, 1.54) is 6.42 Å². The molecule has 108 valence electrons. The highest BCUT2D eigenvalue weighted by Crippen LogP contribution is 2.57. The van der Waals surface area contributed by atoms with E-state index in [4.69, 9.17) is 9.47 Å². The number of carbonyl (C=O) groups is 1. The first-order chi connectivity index (χ1) is 9.69. The molecule has 2 fully saturated rings. The summed E-state index contributed by atoms with van der Waals surface area (Å²) in [5.41, 5.74) is 0.850. The van der Waals surface area contributed by atoms with Gasteiger partial charge in [-0.05, 0) is 37.5 Å². The molecule has 1 spiro atoms. The second-order valence-electron chi connectivity index (χ2n) is 5.80. The van der Waals surface area contributed by atoms with Crippen LogP contribution in [0.1, 0.15) is 36.0 Å². The maximum atomic E-state index is 12.3. The Balaban J connectivity index is 1.67. The van der Waals surface area contributed by atoms with Crippen LogP contribution in [0.25, 0.3) is 0 Å². The van der Waals surface area contributed by atoms with Gasteiger partial charge >= 0.3 is 0 Å². The summed E-state index contributed by atoms with van der Waals surface area (Å²) in [6.45, 7) is 0. The van der Waals surface area contributed by atoms with Crippen LogP contribution in [0.4, 0.5) is 0 Å². The van der Waals surface area contributed by atoms with Crippen LogP contribution in [0.15, 0.2) is 24.3 Å². The van der Waals surface area contributed by atoms with E-state index in [9.17, 15) is 4.79 Å². The van der Waals surface area contributed by atoms with Gasteiger partial charge in [-0.2, -0.15) is 0 Å². The molecule has 2 saturated carbocycles. The topological polar surface area (TPSA) is 47.6 Å². The molecule has 0 bridgehead atoms. The number of hydrogen-bond acceptors (Lipinski definition) is 3. The first-order valence-corrected chi connectivity index (χ1v) is 7.17. The minimum absolute atomic E-state index is 0.0188. The molecule has 0 saturated heterocycles. The third kappa shape index (κ3) is 1.99. The molecule has 1 aromatic carbocycles. The van der Waals surface area contributed by atoms with Crippen molar-refractivity contribution in [3.63, 3.8) is 0 Å². The molecule has 4 heteroatoms. The number of nitrogens with one attached hydrogen (secondary N) is 1.